The van der Waals surface area contributed by atoms with E-state index in [4.69, 9.17) is 0 Å². The third kappa shape index (κ3) is 4.05. The Kier molecular flexibility index (Phi) is 4.07. The van der Waals surface area contributed by atoms with E-state index in [-0.39, 0.29) is 0 Å². The van der Waals surface area contributed by atoms with Gasteiger partial charge < -0.3 is 0 Å². The average molecular weight is 162 g/mol. The van der Waals surface area contributed by atoms with Gasteiger partial charge in [0.25, 0.3) is 6.33 Å². The Morgan fingerprint density at radius 1 is 0.917 bits per heavy atom. The zero-order valence-corrected chi connectivity index (χ0v) is 6.51. The molecule has 4 nitrogen and oxygen atoms in total. The first-order chi connectivity index (χ1) is 6.00. The molecule has 0 aromatic carbocycles. The second-order valence-electron chi connectivity index (χ2n) is 1.91. The van der Waals surface area contributed by atoms with Crippen molar-refractivity contribution >= 4 is 0 Å². The molecule has 0 unspecified atom stereocenters. The predicted octanol–water partition coefficient (Wildman–Crippen LogP) is -0.209. The molecule has 0 saturated carbocycles. The Balaban J connectivity index is 0.000000120. The molecular formula is C8H10N4+2. The van der Waals surface area contributed by atoms with Gasteiger partial charge in [-0.3, -0.25) is 4.98 Å². The number of nitrogens with one attached hydrogen (secondary N) is 2. The molecule has 0 aliphatic heterocycles. The molecule has 0 aliphatic carbocycles. The number of nitrogens with zero attached hydrogens (tertiary/aromatic N) is 2. The van der Waals surface area contributed by atoms with Gasteiger partial charge in [-0.2, -0.15) is 0 Å². The molecule has 2 aromatic rings. The van der Waals surface area contributed by atoms with E-state index in [9.17, 15) is 0 Å². The molecule has 0 aliphatic rings. The maximum absolute atomic E-state index is 3.73. The molecule has 0 radical (unpaired) electrons. The molecule has 2 aromatic heterocycles. The standard InChI is InChI=1S/2C4H4N2/c1-2-5-4-6-3-1;1-2-4-6-5-3-1/h2*1-4H/p+2. The van der Waals surface area contributed by atoms with Crippen LogP contribution in [0.1, 0.15) is 0 Å². The number of H-pyrrole nitrogens is 2. The van der Waals surface area contributed by atoms with Crippen LogP contribution < -0.4 is 10.1 Å². The predicted molar refractivity (Wildman–Crippen MR) is 41.6 cm³/mol. The van der Waals surface area contributed by atoms with Gasteiger partial charge in [-0.25, -0.2) is 0 Å². The summed E-state index contributed by atoms with van der Waals surface area (Å²) in [7, 11) is 0. The van der Waals surface area contributed by atoms with E-state index in [1.54, 1.807) is 24.9 Å². The fourth-order valence-corrected chi connectivity index (χ4v) is 0.555. The number of hydrogen-bond acceptors (Lipinski definition) is 2. The van der Waals surface area contributed by atoms with Crippen molar-refractivity contribution in [1.29, 1.82) is 0 Å². The van der Waals surface area contributed by atoms with Crippen molar-refractivity contribution in [3.05, 3.63) is 49.3 Å². The highest BCUT2D eigenvalue weighted by atomic mass is 15.1. The first-order valence-electron chi connectivity index (χ1n) is 3.53. The summed E-state index contributed by atoms with van der Waals surface area (Å²) in [4.78, 5) is 6.51. The number of hydrogen-bond donors (Lipinski definition) is 0. The van der Waals surface area contributed by atoms with E-state index >= 15 is 0 Å². The van der Waals surface area contributed by atoms with E-state index in [0.717, 1.165) is 0 Å². The smallest absolute Gasteiger partial charge is 0.250 e. The van der Waals surface area contributed by atoms with Gasteiger partial charge in [0.2, 0.25) is 0 Å². The van der Waals surface area contributed by atoms with Gasteiger partial charge in [-0.15, -0.1) is 5.10 Å². The summed E-state index contributed by atoms with van der Waals surface area (Å²) in [6, 6.07) is 5.57. The number of rotatable bonds is 0. The largest absolute Gasteiger partial charge is 0.283 e. The molecule has 0 fully saturated rings. The zero-order valence-electron chi connectivity index (χ0n) is 6.51. The fraction of sp³-hybridized carbons (Fsp3) is 0. The average Bonchev–Trinajstić information content (AvgIpc) is 2.24. The van der Waals surface area contributed by atoms with E-state index < -0.39 is 0 Å². The number of aromatic amines is 2. The molecule has 0 bridgehead atoms. The molecule has 0 spiro atoms. The number of aromatic nitrogens is 4. The van der Waals surface area contributed by atoms with Crippen molar-refractivity contribution in [2.75, 3.05) is 0 Å². The van der Waals surface area contributed by atoms with Crippen LogP contribution in [0, 0.1) is 0 Å². The van der Waals surface area contributed by atoms with Crippen LogP contribution in [-0.2, 0) is 0 Å². The Labute approximate surface area is 70.3 Å². The SMILES string of the molecule is c1cc[nH+]nc1.c1cnc[nH+]c1. The quantitative estimate of drug-likeness (QED) is 0.538. The van der Waals surface area contributed by atoms with Crippen LogP contribution in [0.25, 0.3) is 0 Å². The Bertz CT molecular complexity index is 186. The molecule has 12 heavy (non-hydrogen) atoms. The monoisotopic (exact) mass is 162 g/mol. The van der Waals surface area contributed by atoms with Gasteiger partial charge in [-0.05, 0) is 11.2 Å². The molecule has 60 valence electrons. The Morgan fingerprint density at radius 2 is 1.92 bits per heavy atom. The highest BCUT2D eigenvalue weighted by Crippen LogP contribution is 1.63. The lowest BCUT2D eigenvalue weighted by atomic mass is 10.6. The third-order valence-electron chi connectivity index (χ3n) is 1.03. The summed E-state index contributed by atoms with van der Waals surface area (Å²) in [6.45, 7) is 0. The minimum atomic E-state index is 1.62. The van der Waals surface area contributed by atoms with E-state index in [2.05, 4.69) is 20.2 Å². The van der Waals surface area contributed by atoms with Gasteiger partial charge in [0.15, 0.2) is 6.20 Å². The van der Waals surface area contributed by atoms with Gasteiger partial charge in [0.1, 0.15) is 6.20 Å². The van der Waals surface area contributed by atoms with Crippen LogP contribution in [-0.4, -0.2) is 10.1 Å². The van der Waals surface area contributed by atoms with Crippen LogP contribution >= 0.6 is 0 Å². The van der Waals surface area contributed by atoms with Crippen LogP contribution in [0.15, 0.2) is 49.3 Å². The summed E-state index contributed by atoms with van der Waals surface area (Å²) in [5.41, 5.74) is 0. The molecule has 2 rings (SSSR count). The first-order valence-corrected chi connectivity index (χ1v) is 3.53. The topological polar surface area (TPSA) is 54.1 Å². The molecule has 0 atom stereocenters. The van der Waals surface area contributed by atoms with E-state index in [0.29, 0.717) is 0 Å². The van der Waals surface area contributed by atoms with Crippen LogP contribution in [0.4, 0.5) is 0 Å². The Morgan fingerprint density at radius 3 is 2.08 bits per heavy atom. The molecule has 0 saturated heterocycles. The third-order valence-corrected chi connectivity index (χ3v) is 1.03. The van der Waals surface area contributed by atoms with Crippen molar-refractivity contribution in [3.63, 3.8) is 0 Å². The minimum absolute atomic E-state index is 1.62. The summed E-state index contributed by atoms with van der Waals surface area (Å²) < 4.78 is 0. The normalized spacial score (nSPS) is 8.00. The zero-order chi connectivity index (χ0) is 8.49. The molecule has 2 N–H and O–H groups in total. The molecule has 4 heteroatoms. The minimum Gasteiger partial charge on any atom is -0.250 e. The summed E-state index contributed by atoms with van der Waals surface area (Å²) in [5.74, 6) is 0. The molecule has 0 amide bonds. The molecule has 2 heterocycles. The van der Waals surface area contributed by atoms with Crippen LogP contribution in [0.5, 0.6) is 0 Å². The maximum Gasteiger partial charge on any atom is 0.283 e. The summed E-state index contributed by atoms with van der Waals surface area (Å²) in [6.07, 6.45) is 8.61. The van der Waals surface area contributed by atoms with Gasteiger partial charge in [0.05, 0.1) is 12.4 Å². The lowest BCUT2D eigenvalue weighted by Gasteiger charge is -1.61. The van der Waals surface area contributed by atoms with Gasteiger partial charge in [-0.1, -0.05) is 4.98 Å². The van der Waals surface area contributed by atoms with Crippen LogP contribution in [0.2, 0.25) is 0 Å². The fourth-order valence-electron chi connectivity index (χ4n) is 0.555. The van der Waals surface area contributed by atoms with Crippen molar-refractivity contribution < 1.29 is 10.1 Å². The van der Waals surface area contributed by atoms with Crippen molar-refractivity contribution in [2.45, 2.75) is 0 Å². The second kappa shape index (κ2) is 5.91. The van der Waals surface area contributed by atoms with E-state index in [1.807, 2.05) is 24.4 Å². The summed E-state index contributed by atoms with van der Waals surface area (Å²) in [5, 5.41) is 6.30. The first kappa shape index (κ1) is 8.26. The van der Waals surface area contributed by atoms with Crippen molar-refractivity contribution in [3.8, 4) is 0 Å². The maximum atomic E-state index is 3.73. The lowest BCUT2D eigenvalue weighted by molar-refractivity contribution is -0.455. The van der Waals surface area contributed by atoms with Crippen LogP contribution in [0.3, 0.4) is 0 Å². The van der Waals surface area contributed by atoms with Crippen molar-refractivity contribution in [1.82, 2.24) is 10.1 Å². The highest BCUT2D eigenvalue weighted by Gasteiger charge is 1.69. The summed E-state index contributed by atoms with van der Waals surface area (Å²) >= 11 is 0. The highest BCUT2D eigenvalue weighted by molar-refractivity contribution is 4.75. The van der Waals surface area contributed by atoms with Gasteiger partial charge >= 0.3 is 0 Å². The lowest BCUT2D eigenvalue weighted by Crippen LogP contribution is -2.02. The van der Waals surface area contributed by atoms with Crippen molar-refractivity contribution in [2.24, 2.45) is 0 Å². The molecular weight excluding hydrogens is 152 g/mol. The van der Waals surface area contributed by atoms with E-state index in [1.165, 1.54) is 0 Å². The second-order valence-corrected chi connectivity index (χ2v) is 1.91. The van der Waals surface area contributed by atoms with Gasteiger partial charge in [0, 0.05) is 12.1 Å². The Hall–Kier alpha value is -1.84.